The number of hydrogen-bond acceptors (Lipinski definition) is 5. The molecule has 0 aliphatic heterocycles. The van der Waals surface area contributed by atoms with Crippen molar-refractivity contribution in [2.45, 2.75) is 59.7 Å². The Bertz CT molecular complexity index is 354. The molecule has 2 N–H and O–H groups in total. The van der Waals surface area contributed by atoms with Crippen LogP contribution in [0, 0.1) is 5.41 Å². The number of thiol groups is 1. The molecular formula is C15H30N2O4S. The molecule has 0 rings (SSSR count). The monoisotopic (exact) mass is 334 g/mol. The number of rotatable bonds is 5. The largest absolute Gasteiger partial charge is 0.444 e. The van der Waals surface area contributed by atoms with Crippen LogP contribution in [-0.4, -0.2) is 42.2 Å². The van der Waals surface area contributed by atoms with Gasteiger partial charge in [0, 0.05) is 18.5 Å². The molecule has 0 fully saturated rings. The summed E-state index contributed by atoms with van der Waals surface area (Å²) < 4.78 is 10.4. The predicted molar refractivity (Wildman–Crippen MR) is 90.4 cm³/mol. The van der Waals surface area contributed by atoms with Gasteiger partial charge in [-0.15, -0.1) is 0 Å². The van der Waals surface area contributed by atoms with E-state index in [0.717, 1.165) is 0 Å². The van der Waals surface area contributed by atoms with Crippen LogP contribution in [0.4, 0.5) is 9.59 Å². The van der Waals surface area contributed by atoms with E-state index in [2.05, 4.69) is 23.3 Å². The third-order valence-electron chi connectivity index (χ3n) is 2.50. The molecule has 0 aromatic rings. The average Bonchev–Trinajstić information content (AvgIpc) is 2.30. The third kappa shape index (κ3) is 10.6. The molecule has 0 saturated carbocycles. The second-order valence-corrected chi connectivity index (χ2v) is 8.00. The van der Waals surface area contributed by atoms with Gasteiger partial charge in [0.15, 0.2) is 0 Å². The van der Waals surface area contributed by atoms with Crippen LogP contribution >= 0.6 is 12.6 Å². The van der Waals surface area contributed by atoms with Gasteiger partial charge in [0.1, 0.15) is 11.2 Å². The van der Waals surface area contributed by atoms with Gasteiger partial charge in [-0.3, -0.25) is 0 Å². The molecule has 0 aliphatic carbocycles. The van der Waals surface area contributed by atoms with Crippen LogP contribution < -0.4 is 10.6 Å². The third-order valence-corrected chi connectivity index (χ3v) is 3.26. The number of carbonyl (C=O) groups is 2. The zero-order valence-corrected chi connectivity index (χ0v) is 15.6. The molecule has 7 heteroatoms. The van der Waals surface area contributed by atoms with Crippen molar-refractivity contribution in [2.24, 2.45) is 5.41 Å². The summed E-state index contributed by atoms with van der Waals surface area (Å²) in [7, 11) is 0. The van der Waals surface area contributed by atoms with Crippen molar-refractivity contribution in [3.05, 3.63) is 0 Å². The highest BCUT2D eigenvalue weighted by molar-refractivity contribution is 7.80. The van der Waals surface area contributed by atoms with E-state index in [1.807, 2.05) is 6.92 Å². The number of ether oxygens (including phenoxy) is 2. The number of nitrogens with one attached hydrogen (secondary N) is 2. The summed E-state index contributed by atoms with van der Waals surface area (Å²) in [5.74, 6) is 0.485. The lowest BCUT2D eigenvalue weighted by Crippen LogP contribution is -2.46. The molecule has 22 heavy (non-hydrogen) atoms. The molecule has 0 aliphatic rings. The molecule has 130 valence electrons. The maximum absolute atomic E-state index is 11.7. The Hall–Kier alpha value is -1.11. The van der Waals surface area contributed by atoms with E-state index in [1.54, 1.807) is 41.5 Å². The fourth-order valence-electron chi connectivity index (χ4n) is 1.37. The van der Waals surface area contributed by atoms with Crippen molar-refractivity contribution in [3.63, 3.8) is 0 Å². The highest BCUT2D eigenvalue weighted by atomic mass is 32.1. The summed E-state index contributed by atoms with van der Waals surface area (Å²) in [6.07, 6.45) is -0.976. The molecular weight excluding hydrogens is 304 g/mol. The van der Waals surface area contributed by atoms with E-state index in [0.29, 0.717) is 18.8 Å². The SMILES string of the molecule is CC(CS)(CNC(=O)OC(C)(C)C)CNC(=O)OC(C)(C)C. The minimum atomic E-state index is -0.545. The van der Waals surface area contributed by atoms with Crippen LogP contribution in [0.5, 0.6) is 0 Å². The van der Waals surface area contributed by atoms with Gasteiger partial charge in [-0.2, -0.15) is 12.6 Å². The molecule has 0 heterocycles. The van der Waals surface area contributed by atoms with Gasteiger partial charge in [-0.05, 0) is 47.3 Å². The van der Waals surface area contributed by atoms with Crippen LogP contribution in [0.3, 0.4) is 0 Å². The van der Waals surface area contributed by atoms with Gasteiger partial charge in [-0.25, -0.2) is 9.59 Å². The van der Waals surface area contributed by atoms with Gasteiger partial charge in [0.2, 0.25) is 0 Å². The van der Waals surface area contributed by atoms with Crippen LogP contribution in [0.1, 0.15) is 48.5 Å². The first-order chi connectivity index (χ1) is 9.76. The molecule has 0 saturated heterocycles. The number of amides is 2. The Morgan fingerprint density at radius 1 is 0.818 bits per heavy atom. The van der Waals surface area contributed by atoms with Crippen molar-refractivity contribution in [1.82, 2.24) is 10.6 Å². The van der Waals surface area contributed by atoms with Crippen LogP contribution in [0.15, 0.2) is 0 Å². The minimum absolute atomic E-state index is 0.335. The molecule has 0 atom stereocenters. The summed E-state index contributed by atoms with van der Waals surface area (Å²) in [6.45, 7) is 13.4. The molecule has 0 unspecified atom stereocenters. The van der Waals surface area contributed by atoms with E-state index in [-0.39, 0.29) is 0 Å². The number of alkyl carbamates (subject to hydrolysis) is 2. The summed E-state index contributed by atoms with van der Waals surface area (Å²) >= 11 is 4.29. The zero-order valence-electron chi connectivity index (χ0n) is 14.7. The normalized spacial score (nSPS) is 12.5. The Morgan fingerprint density at radius 3 is 1.36 bits per heavy atom. The fraction of sp³-hybridized carbons (Fsp3) is 0.867. The maximum atomic E-state index is 11.7. The van der Waals surface area contributed by atoms with Gasteiger partial charge >= 0.3 is 12.2 Å². The summed E-state index contributed by atoms with van der Waals surface area (Å²) in [4.78, 5) is 23.4. The summed E-state index contributed by atoms with van der Waals surface area (Å²) in [5, 5.41) is 5.40. The van der Waals surface area contributed by atoms with Gasteiger partial charge in [0.05, 0.1) is 0 Å². The lowest BCUT2D eigenvalue weighted by atomic mass is 9.93. The first-order valence-corrected chi connectivity index (χ1v) is 7.94. The number of hydrogen-bond donors (Lipinski definition) is 3. The van der Waals surface area contributed by atoms with Crippen LogP contribution in [0.2, 0.25) is 0 Å². The molecule has 0 spiro atoms. The highest BCUT2D eigenvalue weighted by Gasteiger charge is 2.27. The van der Waals surface area contributed by atoms with Crippen molar-refractivity contribution in [2.75, 3.05) is 18.8 Å². The van der Waals surface area contributed by atoms with Crippen molar-refractivity contribution >= 4 is 24.8 Å². The molecule has 0 aromatic carbocycles. The maximum Gasteiger partial charge on any atom is 0.407 e. The van der Waals surface area contributed by atoms with Gasteiger partial charge in [0.25, 0.3) is 0 Å². The van der Waals surface area contributed by atoms with Crippen molar-refractivity contribution < 1.29 is 19.1 Å². The van der Waals surface area contributed by atoms with Crippen LogP contribution in [0.25, 0.3) is 0 Å². The fourth-order valence-corrected chi connectivity index (χ4v) is 1.60. The van der Waals surface area contributed by atoms with Gasteiger partial charge < -0.3 is 20.1 Å². The molecule has 0 aromatic heterocycles. The van der Waals surface area contributed by atoms with E-state index in [1.165, 1.54) is 0 Å². The Kier molecular flexibility index (Phi) is 7.54. The predicted octanol–water partition coefficient (Wildman–Crippen LogP) is 2.97. The number of carbonyl (C=O) groups excluding carboxylic acids is 2. The minimum Gasteiger partial charge on any atom is -0.444 e. The van der Waals surface area contributed by atoms with E-state index in [4.69, 9.17) is 9.47 Å². The van der Waals surface area contributed by atoms with E-state index < -0.39 is 28.8 Å². The van der Waals surface area contributed by atoms with Crippen molar-refractivity contribution in [1.29, 1.82) is 0 Å². The Balaban J connectivity index is 4.35. The van der Waals surface area contributed by atoms with E-state index in [9.17, 15) is 9.59 Å². The molecule has 0 radical (unpaired) electrons. The standard InChI is InChI=1S/C15H30N2O4S/c1-13(2,3)20-11(18)16-8-15(7,10-22)9-17-12(19)21-14(4,5)6/h22H,8-10H2,1-7H3,(H,16,18)(H,17,19). The Morgan fingerprint density at radius 2 is 1.14 bits per heavy atom. The molecule has 0 bridgehead atoms. The second-order valence-electron chi connectivity index (χ2n) is 7.68. The average molecular weight is 334 g/mol. The lowest BCUT2D eigenvalue weighted by Gasteiger charge is -2.29. The topological polar surface area (TPSA) is 76.7 Å². The summed E-state index contributed by atoms with van der Waals surface area (Å²) in [6, 6.07) is 0. The highest BCUT2D eigenvalue weighted by Crippen LogP contribution is 2.17. The first-order valence-electron chi connectivity index (χ1n) is 7.31. The molecule has 6 nitrogen and oxygen atoms in total. The molecule has 2 amide bonds. The summed E-state index contributed by atoms with van der Waals surface area (Å²) in [5.41, 5.74) is -1.50. The zero-order chi connectivity index (χ0) is 17.6. The quantitative estimate of drug-likeness (QED) is 0.676. The van der Waals surface area contributed by atoms with E-state index >= 15 is 0 Å². The Labute approximate surface area is 139 Å². The van der Waals surface area contributed by atoms with Crippen molar-refractivity contribution in [3.8, 4) is 0 Å². The smallest absolute Gasteiger partial charge is 0.407 e. The lowest BCUT2D eigenvalue weighted by molar-refractivity contribution is 0.0487. The first kappa shape index (κ1) is 20.9. The van der Waals surface area contributed by atoms with Crippen LogP contribution in [-0.2, 0) is 9.47 Å². The van der Waals surface area contributed by atoms with Gasteiger partial charge in [-0.1, -0.05) is 6.92 Å². The second kappa shape index (κ2) is 7.94.